The molecule has 3 unspecified atom stereocenters. The zero-order valence-electron chi connectivity index (χ0n) is 17.8. The Morgan fingerprint density at radius 2 is 1.88 bits per heavy atom. The number of hydrogen-bond acceptors (Lipinski definition) is 6. The van der Waals surface area contributed by atoms with E-state index >= 15 is 0 Å². The van der Waals surface area contributed by atoms with Gasteiger partial charge >= 0.3 is 0 Å². The molecular formula is C24H25N3O5. The third-order valence-electron chi connectivity index (χ3n) is 6.15. The third-order valence-corrected chi connectivity index (χ3v) is 6.15. The number of carbonyl (C=O) groups excluding carboxylic acids is 3. The molecule has 1 aliphatic carbocycles. The molecule has 3 aliphatic rings. The van der Waals surface area contributed by atoms with Crippen LogP contribution in [0.2, 0.25) is 0 Å². The van der Waals surface area contributed by atoms with Crippen LogP contribution in [0.1, 0.15) is 30.0 Å². The molecular weight excluding hydrogens is 410 g/mol. The van der Waals surface area contributed by atoms with Crippen LogP contribution in [0, 0.1) is 5.92 Å². The molecule has 32 heavy (non-hydrogen) atoms. The highest BCUT2D eigenvalue weighted by molar-refractivity contribution is 6.07. The third kappa shape index (κ3) is 3.87. The topological polar surface area (TPSA) is 88.2 Å². The first-order valence-corrected chi connectivity index (χ1v) is 10.8. The summed E-state index contributed by atoms with van der Waals surface area (Å²) in [7, 11) is 1.57. The summed E-state index contributed by atoms with van der Waals surface area (Å²) in [6.07, 6.45) is 1.00. The highest BCUT2D eigenvalue weighted by Crippen LogP contribution is 2.45. The summed E-state index contributed by atoms with van der Waals surface area (Å²) in [6.45, 7) is 0.145. The summed E-state index contributed by atoms with van der Waals surface area (Å²) in [6, 6.07) is 16.3. The standard InChI is InChI=1S/C24H25N3O5/c1-31-18-9-5-8-16(12-18)21-20-22(32-27(21)14-19(28)25-17-10-11-17)24(30)26(23(20)29)13-15-6-3-2-4-7-15/h2-9,12,17,20-22H,10-11,13-14H2,1H3,(H,25,28). The van der Waals surface area contributed by atoms with Gasteiger partial charge in [0.2, 0.25) is 11.8 Å². The highest BCUT2D eigenvalue weighted by atomic mass is 16.7. The van der Waals surface area contributed by atoms with E-state index in [-0.39, 0.29) is 36.9 Å². The van der Waals surface area contributed by atoms with E-state index in [4.69, 9.17) is 9.57 Å². The maximum absolute atomic E-state index is 13.4. The van der Waals surface area contributed by atoms with Crippen LogP contribution < -0.4 is 10.1 Å². The fraction of sp³-hybridized carbons (Fsp3) is 0.375. The van der Waals surface area contributed by atoms with Crippen molar-refractivity contribution in [2.24, 2.45) is 5.92 Å². The Labute approximate surface area is 186 Å². The highest BCUT2D eigenvalue weighted by Gasteiger charge is 2.59. The SMILES string of the molecule is COc1cccc(C2C3C(=O)N(Cc4ccccc4)C(=O)C3ON2CC(=O)NC2CC2)c1. The summed E-state index contributed by atoms with van der Waals surface area (Å²) < 4.78 is 5.35. The summed E-state index contributed by atoms with van der Waals surface area (Å²) in [5, 5.41) is 4.42. The number of imide groups is 1. The van der Waals surface area contributed by atoms with Gasteiger partial charge in [0.25, 0.3) is 5.91 Å². The lowest BCUT2D eigenvalue weighted by Crippen LogP contribution is -2.41. The second-order valence-corrected chi connectivity index (χ2v) is 8.44. The molecule has 3 amide bonds. The minimum atomic E-state index is -0.948. The molecule has 8 heteroatoms. The van der Waals surface area contributed by atoms with Crippen molar-refractivity contribution < 1.29 is 24.0 Å². The number of benzene rings is 2. The fourth-order valence-electron chi connectivity index (χ4n) is 4.43. The quantitative estimate of drug-likeness (QED) is 0.668. The first-order valence-electron chi connectivity index (χ1n) is 10.8. The van der Waals surface area contributed by atoms with Gasteiger partial charge in [0.15, 0.2) is 6.10 Å². The van der Waals surface area contributed by atoms with Crippen molar-refractivity contribution in [1.82, 2.24) is 15.3 Å². The van der Waals surface area contributed by atoms with Crippen LogP contribution >= 0.6 is 0 Å². The van der Waals surface area contributed by atoms with Gasteiger partial charge in [0, 0.05) is 6.04 Å². The van der Waals surface area contributed by atoms with E-state index in [0.717, 1.165) is 24.0 Å². The number of fused-ring (bicyclic) bond motifs is 1. The molecule has 2 aliphatic heterocycles. The molecule has 5 rings (SSSR count). The van der Waals surface area contributed by atoms with E-state index in [0.29, 0.717) is 5.75 Å². The van der Waals surface area contributed by atoms with Gasteiger partial charge < -0.3 is 10.1 Å². The molecule has 2 heterocycles. The molecule has 1 N–H and O–H groups in total. The first kappa shape index (κ1) is 20.7. The number of methoxy groups -OCH3 is 1. The van der Waals surface area contributed by atoms with Crippen molar-refractivity contribution in [2.45, 2.75) is 37.6 Å². The zero-order valence-corrected chi connectivity index (χ0v) is 17.8. The number of ether oxygens (including phenoxy) is 1. The van der Waals surface area contributed by atoms with Crippen molar-refractivity contribution in [3.63, 3.8) is 0 Å². The van der Waals surface area contributed by atoms with Gasteiger partial charge in [0.1, 0.15) is 12.3 Å². The Hall–Kier alpha value is -3.23. The molecule has 0 spiro atoms. The molecule has 3 atom stereocenters. The molecule has 0 radical (unpaired) electrons. The smallest absolute Gasteiger partial charge is 0.261 e. The number of carbonyl (C=O) groups is 3. The van der Waals surface area contributed by atoms with Crippen LogP contribution in [-0.4, -0.2) is 53.5 Å². The van der Waals surface area contributed by atoms with Crippen LogP contribution in [0.25, 0.3) is 0 Å². The van der Waals surface area contributed by atoms with E-state index in [1.807, 2.05) is 54.6 Å². The van der Waals surface area contributed by atoms with Gasteiger partial charge in [-0.15, -0.1) is 0 Å². The summed E-state index contributed by atoms with van der Waals surface area (Å²) >= 11 is 0. The number of hydroxylamine groups is 2. The average molecular weight is 435 g/mol. The Morgan fingerprint density at radius 3 is 2.59 bits per heavy atom. The molecule has 1 saturated carbocycles. The Balaban J connectivity index is 1.43. The second kappa shape index (κ2) is 8.37. The monoisotopic (exact) mass is 435 g/mol. The van der Waals surface area contributed by atoms with Crippen LogP contribution in [-0.2, 0) is 25.8 Å². The number of likely N-dealkylation sites (tertiary alicyclic amines) is 1. The molecule has 2 aromatic rings. The van der Waals surface area contributed by atoms with E-state index < -0.39 is 18.1 Å². The second-order valence-electron chi connectivity index (χ2n) is 8.44. The van der Waals surface area contributed by atoms with Crippen LogP contribution in [0.15, 0.2) is 54.6 Å². The lowest BCUT2D eigenvalue weighted by Gasteiger charge is -2.27. The van der Waals surface area contributed by atoms with Crippen molar-refractivity contribution in [3.05, 3.63) is 65.7 Å². The largest absolute Gasteiger partial charge is 0.497 e. The van der Waals surface area contributed by atoms with Gasteiger partial charge in [-0.2, -0.15) is 5.06 Å². The van der Waals surface area contributed by atoms with Crippen LogP contribution in [0.4, 0.5) is 0 Å². The minimum Gasteiger partial charge on any atom is -0.497 e. The van der Waals surface area contributed by atoms with Crippen LogP contribution in [0.5, 0.6) is 5.75 Å². The van der Waals surface area contributed by atoms with Gasteiger partial charge in [-0.3, -0.25) is 24.1 Å². The minimum absolute atomic E-state index is 0.0510. The van der Waals surface area contributed by atoms with Crippen molar-refractivity contribution in [3.8, 4) is 5.75 Å². The Morgan fingerprint density at radius 1 is 1.09 bits per heavy atom. The van der Waals surface area contributed by atoms with E-state index in [9.17, 15) is 14.4 Å². The van der Waals surface area contributed by atoms with E-state index in [1.54, 1.807) is 7.11 Å². The van der Waals surface area contributed by atoms with E-state index in [2.05, 4.69) is 5.32 Å². The fourth-order valence-corrected chi connectivity index (χ4v) is 4.43. The average Bonchev–Trinajstić information content (AvgIpc) is 3.50. The molecule has 166 valence electrons. The Bertz CT molecular complexity index is 1040. The first-order chi connectivity index (χ1) is 15.5. The molecule has 2 saturated heterocycles. The van der Waals surface area contributed by atoms with Crippen molar-refractivity contribution >= 4 is 17.7 Å². The Kier molecular flexibility index (Phi) is 5.40. The van der Waals surface area contributed by atoms with Gasteiger partial charge in [-0.25, -0.2) is 0 Å². The van der Waals surface area contributed by atoms with E-state index in [1.165, 1.54) is 9.96 Å². The maximum Gasteiger partial charge on any atom is 0.261 e. The number of rotatable bonds is 7. The molecule has 0 bridgehead atoms. The van der Waals surface area contributed by atoms with Crippen molar-refractivity contribution in [2.75, 3.05) is 13.7 Å². The number of nitrogens with zero attached hydrogens (tertiary/aromatic N) is 2. The van der Waals surface area contributed by atoms with Crippen LogP contribution in [0.3, 0.4) is 0 Å². The normalized spacial score (nSPS) is 25.2. The van der Waals surface area contributed by atoms with Gasteiger partial charge in [0.05, 0.1) is 25.6 Å². The molecule has 2 aromatic carbocycles. The van der Waals surface area contributed by atoms with Crippen molar-refractivity contribution in [1.29, 1.82) is 0 Å². The molecule has 3 fully saturated rings. The lowest BCUT2D eigenvalue weighted by molar-refractivity contribution is -0.182. The zero-order chi connectivity index (χ0) is 22.2. The maximum atomic E-state index is 13.4. The molecule has 0 aromatic heterocycles. The summed E-state index contributed by atoms with van der Waals surface area (Å²) in [5.74, 6) is -0.941. The number of hydrogen-bond donors (Lipinski definition) is 1. The molecule has 8 nitrogen and oxygen atoms in total. The predicted octanol–water partition coefficient (Wildman–Crippen LogP) is 1.82. The lowest BCUT2D eigenvalue weighted by atomic mass is 9.90. The summed E-state index contributed by atoms with van der Waals surface area (Å²) in [4.78, 5) is 46.3. The predicted molar refractivity (Wildman–Crippen MR) is 114 cm³/mol. The number of amides is 3. The summed E-state index contributed by atoms with van der Waals surface area (Å²) in [5.41, 5.74) is 1.63. The van der Waals surface area contributed by atoms with Gasteiger partial charge in [-0.05, 0) is 36.1 Å². The number of nitrogens with one attached hydrogen (secondary N) is 1. The van der Waals surface area contributed by atoms with Gasteiger partial charge in [-0.1, -0.05) is 42.5 Å².